The Bertz CT molecular complexity index is 247. The van der Waals surface area contributed by atoms with Crippen LogP contribution in [0.5, 0.6) is 0 Å². The van der Waals surface area contributed by atoms with Gasteiger partial charge in [-0.25, -0.2) is 0 Å². The van der Waals surface area contributed by atoms with Gasteiger partial charge in [0.15, 0.2) is 0 Å². The van der Waals surface area contributed by atoms with Crippen LogP contribution in [0, 0.1) is 17.8 Å². The Labute approximate surface area is 105 Å². The molecule has 0 radical (unpaired) electrons. The SMILES string of the molecule is CCNC1COCC1CN1CC2CCCC2C1. The molecule has 0 bridgehead atoms. The van der Waals surface area contributed by atoms with Gasteiger partial charge in [0.2, 0.25) is 0 Å². The minimum Gasteiger partial charge on any atom is -0.379 e. The topological polar surface area (TPSA) is 24.5 Å². The molecule has 2 heterocycles. The summed E-state index contributed by atoms with van der Waals surface area (Å²) in [5.41, 5.74) is 0. The number of rotatable bonds is 4. The van der Waals surface area contributed by atoms with E-state index in [0.29, 0.717) is 12.0 Å². The van der Waals surface area contributed by atoms with Gasteiger partial charge in [0.1, 0.15) is 0 Å². The van der Waals surface area contributed by atoms with Crippen LogP contribution in [0.2, 0.25) is 0 Å². The first-order chi connectivity index (χ1) is 8.36. The summed E-state index contributed by atoms with van der Waals surface area (Å²) >= 11 is 0. The minimum atomic E-state index is 0.598. The van der Waals surface area contributed by atoms with Crippen LogP contribution in [0.15, 0.2) is 0 Å². The van der Waals surface area contributed by atoms with E-state index >= 15 is 0 Å². The van der Waals surface area contributed by atoms with Gasteiger partial charge in [-0.1, -0.05) is 13.3 Å². The maximum absolute atomic E-state index is 5.64. The van der Waals surface area contributed by atoms with E-state index in [1.807, 2.05) is 0 Å². The number of nitrogens with zero attached hydrogens (tertiary/aromatic N) is 1. The van der Waals surface area contributed by atoms with E-state index in [9.17, 15) is 0 Å². The fourth-order valence-electron chi connectivity index (χ4n) is 4.08. The Hall–Kier alpha value is -0.120. The molecule has 2 aliphatic heterocycles. The summed E-state index contributed by atoms with van der Waals surface area (Å²) in [5.74, 6) is 2.76. The molecular formula is C14H26N2O. The molecule has 1 saturated carbocycles. The summed E-state index contributed by atoms with van der Waals surface area (Å²) in [6.07, 6.45) is 4.45. The number of likely N-dealkylation sites (N-methyl/N-ethyl adjacent to an activating group) is 1. The molecule has 3 fully saturated rings. The van der Waals surface area contributed by atoms with Crippen LogP contribution in [-0.2, 0) is 4.74 Å². The van der Waals surface area contributed by atoms with Crippen LogP contribution in [0.3, 0.4) is 0 Å². The lowest BCUT2D eigenvalue weighted by Crippen LogP contribution is -2.41. The molecular weight excluding hydrogens is 212 g/mol. The fourth-order valence-corrected chi connectivity index (χ4v) is 4.08. The van der Waals surface area contributed by atoms with E-state index in [4.69, 9.17) is 4.74 Å². The third kappa shape index (κ3) is 2.51. The number of hydrogen-bond acceptors (Lipinski definition) is 3. The second-order valence-electron chi connectivity index (χ2n) is 6.13. The average Bonchev–Trinajstić information content (AvgIpc) is 2.95. The van der Waals surface area contributed by atoms with Crippen molar-refractivity contribution >= 4 is 0 Å². The van der Waals surface area contributed by atoms with E-state index in [1.54, 1.807) is 0 Å². The van der Waals surface area contributed by atoms with Crippen LogP contribution >= 0.6 is 0 Å². The van der Waals surface area contributed by atoms with Gasteiger partial charge in [-0.05, 0) is 31.2 Å². The molecule has 0 aromatic carbocycles. The molecule has 3 aliphatic rings. The van der Waals surface area contributed by atoms with Crippen LogP contribution in [-0.4, -0.2) is 50.3 Å². The van der Waals surface area contributed by atoms with Gasteiger partial charge in [0.05, 0.1) is 13.2 Å². The largest absolute Gasteiger partial charge is 0.379 e. The minimum absolute atomic E-state index is 0.598. The zero-order valence-corrected chi connectivity index (χ0v) is 11.0. The second kappa shape index (κ2) is 5.25. The van der Waals surface area contributed by atoms with Gasteiger partial charge < -0.3 is 15.0 Å². The average molecular weight is 238 g/mol. The first-order valence-electron chi connectivity index (χ1n) is 7.40. The maximum atomic E-state index is 5.64. The molecule has 2 saturated heterocycles. The highest BCUT2D eigenvalue weighted by Gasteiger charge is 2.38. The monoisotopic (exact) mass is 238 g/mol. The molecule has 0 aromatic heterocycles. The molecule has 0 amide bonds. The lowest BCUT2D eigenvalue weighted by molar-refractivity contribution is 0.171. The van der Waals surface area contributed by atoms with E-state index in [2.05, 4.69) is 17.1 Å². The summed E-state index contributed by atoms with van der Waals surface area (Å²) in [4.78, 5) is 2.71. The number of ether oxygens (including phenoxy) is 1. The van der Waals surface area contributed by atoms with Gasteiger partial charge in [-0.15, -0.1) is 0 Å². The maximum Gasteiger partial charge on any atom is 0.0623 e. The molecule has 0 aromatic rings. The molecule has 4 unspecified atom stereocenters. The first-order valence-corrected chi connectivity index (χ1v) is 7.40. The zero-order chi connectivity index (χ0) is 11.7. The van der Waals surface area contributed by atoms with Crippen molar-refractivity contribution in [2.75, 3.05) is 39.4 Å². The summed E-state index contributed by atoms with van der Waals surface area (Å²) in [7, 11) is 0. The van der Waals surface area contributed by atoms with Crippen LogP contribution in [0.25, 0.3) is 0 Å². The molecule has 1 N–H and O–H groups in total. The van der Waals surface area contributed by atoms with Crippen molar-refractivity contribution in [1.29, 1.82) is 0 Å². The molecule has 98 valence electrons. The molecule has 17 heavy (non-hydrogen) atoms. The van der Waals surface area contributed by atoms with E-state index in [1.165, 1.54) is 38.9 Å². The molecule has 3 nitrogen and oxygen atoms in total. The van der Waals surface area contributed by atoms with Crippen molar-refractivity contribution in [3.05, 3.63) is 0 Å². The van der Waals surface area contributed by atoms with Crippen molar-refractivity contribution in [2.45, 2.75) is 32.2 Å². The van der Waals surface area contributed by atoms with Crippen molar-refractivity contribution in [1.82, 2.24) is 10.2 Å². The van der Waals surface area contributed by atoms with E-state index < -0.39 is 0 Å². The first kappa shape index (κ1) is 11.9. The van der Waals surface area contributed by atoms with Crippen LogP contribution in [0.4, 0.5) is 0 Å². The predicted octanol–water partition coefficient (Wildman–Crippen LogP) is 1.34. The van der Waals surface area contributed by atoms with Gasteiger partial charge >= 0.3 is 0 Å². The van der Waals surface area contributed by atoms with Gasteiger partial charge in [0.25, 0.3) is 0 Å². The van der Waals surface area contributed by atoms with Gasteiger partial charge in [-0.3, -0.25) is 0 Å². The number of fused-ring (bicyclic) bond motifs is 1. The second-order valence-corrected chi connectivity index (χ2v) is 6.13. The third-order valence-electron chi connectivity index (χ3n) is 4.96. The quantitative estimate of drug-likeness (QED) is 0.800. The highest BCUT2D eigenvalue weighted by Crippen LogP contribution is 2.38. The van der Waals surface area contributed by atoms with Crippen molar-refractivity contribution in [2.24, 2.45) is 17.8 Å². The lowest BCUT2D eigenvalue weighted by atomic mass is 10.0. The third-order valence-corrected chi connectivity index (χ3v) is 4.96. The predicted molar refractivity (Wildman–Crippen MR) is 69.0 cm³/mol. The normalized spacial score (nSPS) is 42.2. The van der Waals surface area contributed by atoms with Crippen molar-refractivity contribution < 1.29 is 4.74 Å². The summed E-state index contributed by atoms with van der Waals surface area (Å²) in [6, 6.07) is 0.598. The van der Waals surface area contributed by atoms with Crippen LogP contribution in [0.1, 0.15) is 26.2 Å². The lowest BCUT2D eigenvalue weighted by Gasteiger charge is -2.24. The van der Waals surface area contributed by atoms with Crippen molar-refractivity contribution in [3.63, 3.8) is 0 Å². The smallest absolute Gasteiger partial charge is 0.0623 e. The summed E-state index contributed by atoms with van der Waals surface area (Å²) < 4.78 is 5.64. The zero-order valence-electron chi connectivity index (χ0n) is 11.0. The Morgan fingerprint density at radius 3 is 2.65 bits per heavy atom. The molecule has 4 atom stereocenters. The van der Waals surface area contributed by atoms with Crippen LogP contribution < -0.4 is 5.32 Å². The molecule has 0 spiro atoms. The highest BCUT2D eigenvalue weighted by atomic mass is 16.5. The highest BCUT2D eigenvalue weighted by molar-refractivity contribution is 4.91. The molecule has 1 aliphatic carbocycles. The summed E-state index contributed by atoms with van der Waals surface area (Å²) in [6.45, 7) is 9.11. The fraction of sp³-hybridized carbons (Fsp3) is 1.00. The standard InChI is InChI=1S/C14H26N2O/c1-2-15-14-10-17-9-13(14)8-16-6-11-4-3-5-12(11)7-16/h11-15H,2-10H2,1H3. The molecule has 3 rings (SSSR count). The van der Waals surface area contributed by atoms with E-state index in [0.717, 1.165) is 31.6 Å². The Morgan fingerprint density at radius 1 is 1.18 bits per heavy atom. The number of hydrogen-bond donors (Lipinski definition) is 1. The molecule has 3 heteroatoms. The number of nitrogens with one attached hydrogen (secondary N) is 1. The van der Waals surface area contributed by atoms with Gasteiger partial charge in [-0.2, -0.15) is 0 Å². The Balaban J connectivity index is 1.50. The van der Waals surface area contributed by atoms with Crippen molar-refractivity contribution in [3.8, 4) is 0 Å². The number of likely N-dealkylation sites (tertiary alicyclic amines) is 1. The van der Waals surface area contributed by atoms with E-state index in [-0.39, 0.29) is 0 Å². The van der Waals surface area contributed by atoms with Gasteiger partial charge in [0, 0.05) is 31.6 Å². The Kier molecular flexibility index (Phi) is 3.69. The summed E-state index contributed by atoms with van der Waals surface area (Å²) in [5, 5.41) is 3.57. The Morgan fingerprint density at radius 2 is 1.94 bits per heavy atom.